The number of ketones is 1. The number of hydrogen-bond acceptors (Lipinski definition) is 5. The van der Waals surface area contributed by atoms with E-state index in [1.165, 1.54) is 6.92 Å². The van der Waals surface area contributed by atoms with Gasteiger partial charge in [-0.25, -0.2) is 0 Å². The predicted molar refractivity (Wildman–Crippen MR) is 76.3 cm³/mol. The zero-order valence-corrected chi connectivity index (χ0v) is 13.7. The van der Waals surface area contributed by atoms with Crippen molar-refractivity contribution in [2.24, 2.45) is 0 Å². The lowest BCUT2D eigenvalue weighted by atomic mass is 10.0. The van der Waals surface area contributed by atoms with Gasteiger partial charge >= 0.3 is 5.97 Å². The Labute approximate surface area is 122 Å². The number of carbonyl (C=O) groups is 2. The highest BCUT2D eigenvalue weighted by Gasteiger charge is 2.32. The van der Waals surface area contributed by atoms with Gasteiger partial charge in [0.15, 0.2) is 12.1 Å². The quantitative estimate of drug-likeness (QED) is 0.747. The molecule has 0 amide bonds. The average molecular weight is 288 g/mol. The second kappa shape index (κ2) is 8.37. The molecule has 0 aromatic heterocycles. The van der Waals surface area contributed by atoms with E-state index in [4.69, 9.17) is 14.2 Å². The van der Waals surface area contributed by atoms with E-state index in [1.54, 1.807) is 6.92 Å². The minimum atomic E-state index is -0.506. The maximum atomic E-state index is 11.7. The van der Waals surface area contributed by atoms with Crippen LogP contribution in [0.4, 0.5) is 0 Å². The van der Waals surface area contributed by atoms with Gasteiger partial charge in [-0.05, 0) is 34.6 Å². The van der Waals surface area contributed by atoms with Crippen LogP contribution in [0.25, 0.3) is 0 Å². The standard InChI is InChI=1S/C13H22O5.C2H6/c1-8(14)11-6-10(16-9(2)17-11)7-12(15)18-13(3,4)5;1-2/h9-11H,6-7H2,1-5H3;1-2H3/t9?,10-,11+;/m1./s1. The van der Waals surface area contributed by atoms with E-state index in [9.17, 15) is 9.59 Å². The molecule has 0 aliphatic carbocycles. The Morgan fingerprint density at radius 1 is 1.20 bits per heavy atom. The van der Waals surface area contributed by atoms with Gasteiger partial charge in [-0.2, -0.15) is 0 Å². The highest BCUT2D eigenvalue weighted by Crippen LogP contribution is 2.22. The molecule has 0 N–H and O–H groups in total. The minimum absolute atomic E-state index is 0.0423. The Morgan fingerprint density at radius 3 is 2.20 bits per heavy atom. The molecular weight excluding hydrogens is 260 g/mol. The summed E-state index contributed by atoms with van der Waals surface area (Å²) in [5.41, 5.74) is -0.506. The molecule has 0 spiro atoms. The second-order valence-electron chi connectivity index (χ2n) is 5.59. The third-order valence-corrected chi connectivity index (χ3v) is 2.48. The average Bonchev–Trinajstić information content (AvgIpc) is 2.27. The van der Waals surface area contributed by atoms with E-state index in [0.29, 0.717) is 6.42 Å². The van der Waals surface area contributed by atoms with Crippen LogP contribution in [0.5, 0.6) is 0 Å². The fourth-order valence-electron chi connectivity index (χ4n) is 1.85. The summed E-state index contributed by atoms with van der Waals surface area (Å²) in [5.74, 6) is -0.358. The SMILES string of the molecule is CC.CC(=O)[C@@H]1C[C@H](CC(=O)OC(C)(C)C)OC(C)O1. The lowest BCUT2D eigenvalue weighted by Gasteiger charge is -2.33. The van der Waals surface area contributed by atoms with Gasteiger partial charge in [0.1, 0.15) is 11.7 Å². The molecule has 20 heavy (non-hydrogen) atoms. The van der Waals surface area contributed by atoms with Crippen molar-refractivity contribution in [3.05, 3.63) is 0 Å². The highest BCUT2D eigenvalue weighted by molar-refractivity contribution is 5.80. The number of esters is 1. The van der Waals surface area contributed by atoms with Crippen molar-refractivity contribution in [2.45, 2.75) is 85.4 Å². The second-order valence-corrected chi connectivity index (χ2v) is 5.59. The third kappa shape index (κ3) is 7.60. The lowest BCUT2D eigenvalue weighted by Crippen LogP contribution is -2.41. The van der Waals surface area contributed by atoms with E-state index >= 15 is 0 Å². The summed E-state index contributed by atoms with van der Waals surface area (Å²) in [6, 6.07) is 0. The van der Waals surface area contributed by atoms with Gasteiger partial charge in [-0.3, -0.25) is 9.59 Å². The first kappa shape index (κ1) is 19.1. The molecule has 1 fully saturated rings. The molecule has 5 heteroatoms. The minimum Gasteiger partial charge on any atom is -0.460 e. The molecule has 0 aromatic carbocycles. The molecule has 0 bridgehead atoms. The molecule has 1 rings (SSSR count). The normalized spacial score (nSPS) is 26.2. The van der Waals surface area contributed by atoms with E-state index in [1.807, 2.05) is 34.6 Å². The number of ether oxygens (including phenoxy) is 3. The predicted octanol–water partition coefficient (Wildman–Crippen LogP) is 2.85. The van der Waals surface area contributed by atoms with Gasteiger partial charge in [-0.15, -0.1) is 0 Å². The van der Waals surface area contributed by atoms with Gasteiger partial charge in [0.05, 0.1) is 12.5 Å². The fourth-order valence-corrected chi connectivity index (χ4v) is 1.85. The molecule has 3 atom stereocenters. The Bertz CT molecular complexity index is 319. The largest absolute Gasteiger partial charge is 0.460 e. The van der Waals surface area contributed by atoms with Crippen molar-refractivity contribution in [2.75, 3.05) is 0 Å². The zero-order valence-electron chi connectivity index (χ0n) is 13.7. The van der Waals surface area contributed by atoms with Gasteiger partial charge in [-0.1, -0.05) is 13.8 Å². The smallest absolute Gasteiger partial charge is 0.308 e. The zero-order chi connectivity index (χ0) is 15.9. The van der Waals surface area contributed by atoms with E-state index in [-0.39, 0.29) is 24.3 Å². The number of hydrogen-bond donors (Lipinski definition) is 0. The number of rotatable bonds is 3. The van der Waals surface area contributed by atoms with Crippen LogP contribution in [0.1, 0.15) is 61.3 Å². The Kier molecular flexibility index (Phi) is 7.98. The first-order valence-electron chi connectivity index (χ1n) is 7.20. The number of Topliss-reactive ketones (excluding diaryl/α,β-unsaturated/α-hetero) is 1. The summed E-state index contributed by atoms with van der Waals surface area (Å²) in [6.45, 7) is 12.6. The van der Waals surface area contributed by atoms with Crippen molar-refractivity contribution < 1.29 is 23.8 Å². The molecule has 1 aliphatic heterocycles. The topological polar surface area (TPSA) is 61.8 Å². The Hall–Kier alpha value is -0.940. The summed E-state index contributed by atoms with van der Waals surface area (Å²) < 4.78 is 16.0. The van der Waals surface area contributed by atoms with Crippen LogP contribution in [0.15, 0.2) is 0 Å². The van der Waals surface area contributed by atoms with Crippen LogP contribution < -0.4 is 0 Å². The van der Waals surface area contributed by atoms with Gasteiger partial charge in [0, 0.05) is 6.42 Å². The van der Waals surface area contributed by atoms with Crippen LogP contribution in [-0.4, -0.2) is 35.9 Å². The lowest BCUT2D eigenvalue weighted by molar-refractivity contribution is -0.232. The van der Waals surface area contributed by atoms with E-state index < -0.39 is 18.0 Å². The van der Waals surface area contributed by atoms with Gasteiger partial charge in [0.2, 0.25) is 0 Å². The first-order chi connectivity index (χ1) is 9.17. The van der Waals surface area contributed by atoms with Crippen LogP contribution in [-0.2, 0) is 23.8 Å². The monoisotopic (exact) mass is 288 g/mol. The Balaban J connectivity index is 0.00000172. The van der Waals surface area contributed by atoms with Crippen LogP contribution in [0.3, 0.4) is 0 Å². The van der Waals surface area contributed by atoms with Crippen molar-refractivity contribution >= 4 is 11.8 Å². The van der Waals surface area contributed by atoms with Crippen molar-refractivity contribution in [1.29, 1.82) is 0 Å². The first-order valence-corrected chi connectivity index (χ1v) is 7.20. The molecule has 0 saturated carbocycles. The molecule has 1 unspecified atom stereocenters. The van der Waals surface area contributed by atoms with E-state index in [0.717, 1.165) is 0 Å². The molecule has 1 saturated heterocycles. The summed E-state index contributed by atoms with van der Waals surface area (Å²) in [7, 11) is 0. The summed E-state index contributed by atoms with van der Waals surface area (Å²) >= 11 is 0. The van der Waals surface area contributed by atoms with Crippen LogP contribution >= 0.6 is 0 Å². The molecule has 0 aromatic rings. The summed E-state index contributed by atoms with van der Waals surface area (Å²) in [4.78, 5) is 23.0. The van der Waals surface area contributed by atoms with Crippen LogP contribution in [0.2, 0.25) is 0 Å². The molecule has 1 heterocycles. The fraction of sp³-hybridized carbons (Fsp3) is 0.867. The molecular formula is C15H28O5. The van der Waals surface area contributed by atoms with Crippen molar-refractivity contribution in [3.63, 3.8) is 0 Å². The highest BCUT2D eigenvalue weighted by atomic mass is 16.7. The van der Waals surface area contributed by atoms with Gasteiger partial charge < -0.3 is 14.2 Å². The molecule has 118 valence electrons. The summed E-state index contributed by atoms with van der Waals surface area (Å²) in [5, 5.41) is 0. The van der Waals surface area contributed by atoms with Crippen molar-refractivity contribution in [1.82, 2.24) is 0 Å². The summed E-state index contributed by atoms with van der Waals surface area (Å²) in [6.07, 6.45) is -0.730. The van der Waals surface area contributed by atoms with Crippen LogP contribution in [0, 0.1) is 0 Å². The van der Waals surface area contributed by atoms with E-state index in [2.05, 4.69) is 0 Å². The maximum Gasteiger partial charge on any atom is 0.308 e. The van der Waals surface area contributed by atoms with Gasteiger partial charge in [0.25, 0.3) is 0 Å². The maximum absolute atomic E-state index is 11.7. The Morgan fingerprint density at radius 2 is 1.75 bits per heavy atom. The third-order valence-electron chi connectivity index (χ3n) is 2.48. The van der Waals surface area contributed by atoms with Crippen molar-refractivity contribution in [3.8, 4) is 0 Å². The molecule has 0 radical (unpaired) electrons. The molecule has 5 nitrogen and oxygen atoms in total. The number of carbonyl (C=O) groups excluding carboxylic acids is 2. The molecule has 1 aliphatic rings.